The van der Waals surface area contributed by atoms with Gasteiger partial charge in [-0.15, -0.1) is 0 Å². The average molecular weight is 173 g/mol. The largest absolute Gasteiger partial charge is 0.0763 e. The third-order valence-corrected chi connectivity index (χ3v) is 2.52. The van der Waals surface area contributed by atoms with Crippen LogP contribution in [0.5, 0.6) is 0 Å². The summed E-state index contributed by atoms with van der Waals surface area (Å²) in [6, 6.07) is 4.30. The first-order chi connectivity index (χ1) is 6.16. The van der Waals surface area contributed by atoms with E-state index in [-0.39, 0.29) is 0 Å². The molecule has 1 aromatic carbocycles. The van der Waals surface area contributed by atoms with Gasteiger partial charge in [-0.1, -0.05) is 25.1 Å². The van der Waals surface area contributed by atoms with Crippen LogP contribution in [0, 0.1) is 26.8 Å². The smallest absolute Gasteiger partial charge is 0.0146 e. The first-order valence-electron chi connectivity index (χ1n) is 4.81. The van der Waals surface area contributed by atoms with Gasteiger partial charge in [0.1, 0.15) is 0 Å². The van der Waals surface area contributed by atoms with Gasteiger partial charge < -0.3 is 0 Å². The van der Waals surface area contributed by atoms with E-state index in [2.05, 4.69) is 52.0 Å². The molecular weight excluding hydrogens is 156 g/mol. The number of aryl methyl sites for hydroxylation is 1. The van der Waals surface area contributed by atoms with Crippen molar-refractivity contribution in [2.75, 3.05) is 0 Å². The molecule has 0 N–H and O–H groups in total. The van der Waals surface area contributed by atoms with Crippen molar-refractivity contribution in [3.8, 4) is 0 Å². The molecule has 0 amide bonds. The van der Waals surface area contributed by atoms with E-state index in [0.29, 0.717) is 0 Å². The predicted molar refractivity (Wildman–Crippen MR) is 57.9 cm³/mol. The molecule has 0 heterocycles. The fourth-order valence-corrected chi connectivity index (χ4v) is 1.32. The minimum absolute atomic E-state index is 1.05. The lowest BCUT2D eigenvalue weighted by Gasteiger charge is -2.07. The summed E-state index contributed by atoms with van der Waals surface area (Å²) >= 11 is 0. The molecule has 1 aromatic rings. The summed E-state index contributed by atoms with van der Waals surface area (Å²) in [6.45, 7) is 8.61. The van der Waals surface area contributed by atoms with Gasteiger partial charge in [-0.25, -0.2) is 0 Å². The van der Waals surface area contributed by atoms with Crippen molar-refractivity contribution < 1.29 is 0 Å². The van der Waals surface area contributed by atoms with Crippen LogP contribution in [0.15, 0.2) is 18.2 Å². The molecule has 0 fully saturated rings. The van der Waals surface area contributed by atoms with E-state index < -0.39 is 0 Å². The predicted octanol–water partition coefficient (Wildman–Crippen LogP) is 3.73. The molecule has 69 valence electrons. The Labute approximate surface area is 81.3 Å². The van der Waals surface area contributed by atoms with Gasteiger partial charge in [0.15, 0.2) is 0 Å². The van der Waals surface area contributed by atoms with Crippen molar-refractivity contribution in [1.29, 1.82) is 0 Å². The van der Waals surface area contributed by atoms with Crippen molar-refractivity contribution in [3.63, 3.8) is 0 Å². The first-order valence-corrected chi connectivity index (χ1v) is 4.81. The fourth-order valence-electron chi connectivity index (χ4n) is 1.32. The summed E-state index contributed by atoms with van der Waals surface area (Å²) < 4.78 is 0. The average Bonchev–Trinajstić information content (AvgIpc) is 2.13. The van der Waals surface area contributed by atoms with Gasteiger partial charge in [0.2, 0.25) is 0 Å². The summed E-state index contributed by atoms with van der Waals surface area (Å²) in [7, 11) is 0. The van der Waals surface area contributed by atoms with Crippen molar-refractivity contribution in [2.24, 2.45) is 0 Å². The highest BCUT2D eigenvalue weighted by atomic mass is 14.0. The maximum Gasteiger partial charge on any atom is -0.0146 e. The molecule has 0 nitrogen and oxygen atoms in total. The van der Waals surface area contributed by atoms with E-state index in [1.165, 1.54) is 22.3 Å². The third kappa shape index (κ3) is 2.21. The van der Waals surface area contributed by atoms with E-state index in [9.17, 15) is 0 Å². The maximum absolute atomic E-state index is 3.31. The van der Waals surface area contributed by atoms with Crippen molar-refractivity contribution >= 4 is 0 Å². The Morgan fingerprint density at radius 2 is 1.85 bits per heavy atom. The van der Waals surface area contributed by atoms with Gasteiger partial charge in [-0.2, -0.15) is 0 Å². The molecule has 0 saturated carbocycles. The Bertz CT molecular complexity index is 319. The monoisotopic (exact) mass is 173 g/mol. The molecular formula is C13H17. The summed E-state index contributed by atoms with van der Waals surface area (Å²) in [5.41, 5.74) is 5.32. The zero-order valence-corrected chi connectivity index (χ0v) is 8.94. The molecule has 0 heteroatoms. The van der Waals surface area contributed by atoms with E-state index in [1.54, 1.807) is 0 Å². The van der Waals surface area contributed by atoms with Crippen LogP contribution in [-0.2, 0) is 0 Å². The highest BCUT2D eigenvalue weighted by Gasteiger charge is 2.00. The zero-order valence-electron chi connectivity index (χ0n) is 8.94. The van der Waals surface area contributed by atoms with Gasteiger partial charge in [0, 0.05) is 0 Å². The van der Waals surface area contributed by atoms with Crippen LogP contribution in [0.25, 0.3) is 0 Å². The highest BCUT2D eigenvalue weighted by Crippen LogP contribution is 2.17. The summed E-state index contributed by atoms with van der Waals surface area (Å²) in [6.07, 6.45) is 6.43. The van der Waals surface area contributed by atoms with Crippen LogP contribution >= 0.6 is 0 Å². The maximum atomic E-state index is 3.31. The number of rotatable bonds is 2. The normalized spacial score (nSPS) is 11.1. The lowest BCUT2D eigenvalue weighted by Crippen LogP contribution is -1.90. The third-order valence-electron chi connectivity index (χ3n) is 2.52. The topological polar surface area (TPSA) is 0 Å². The summed E-state index contributed by atoms with van der Waals surface area (Å²) in [5.74, 6) is 0. The molecule has 1 radical (unpaired) electrons. The molecule has 0 saturated heterocycles. The molecule has 0 unspecified atom stereocenters. The minimum Gasteiger partial charge on any atom is -0.0763 e. The summed E-state index contributed by atoms with van der Waals surface area (Å²) in [5, 5.41) is 0. The second-order valence-corrected chi connectivity index (χ2v) is 3.44. The van der Waals surface area contributed by atoms with E-state index >= 15 is 0 Å². The zero-order chi connectivity index (χ0) is 9.84. The SMILES string of the molecule is CC/C=[C]\c1ccc(C)c(C)c1C. The van der Waals surface area contributed by atoms with Gasteiger partial charge in [0.25, 0.3) is 0 Å². The van der Waals surface area contributed by atoms with Gasteiger partial charge in [0.05, 0.1) is 0 Å². The van der Waals surface area contributed by atoms with Crippen molar-refractivity contribution in [3.05, 3.63) is 46.5 Å². The lowest BCUT2D eigenvalue weighted by molar-refractivity contribution is 1.19. The lowest BCUT2D eigenvalue weighted by atomic mass is 9.98. The second kappa shape index (κ2) is 4.27. The molecule has 0 aliphatic rings. The van der Waals surface area contributed by atoms with Crippen molar-refractivity contribution in [2.45, 2.75) is 34.1 Å². The van der Waals surface area contributed by atoms with Crippen LogP contribution in [-0.4, -0.2) is 0 Å². The highest BCUT2D eigenvalue weighted by molar-refractivity contribution is 5.41. The van der Waals surface area contributed by atoms with E-state index in [4.69, 9.17) is 0 Å². The standard InChI is InChI=1S/C13H17/c1-5-6-7-13-9-8-10(2)11(3)12(13)4/h6,8-9H,5H2,1-4H3. The van der Waals surface area contributed by atoms with E-state index in [1.807, 2.05) is 0 Å². The van der Waals surface area contributed by atoms with Gasteiger partial charge >= 0.3 is 0 Å². The van der Waals surface area contributed by atoms with Crippen molar-refractivity contribution in [1.82, 2.24) is 0 Å². The van der Waals surface area contributed by atoms with Crippen LogP contribution in [0.2, 0.25) is 0 Å². The second-order valence-electron chi connectivity index (χ2n) is 3.44. The molecule has 1 rings (SSSR count). The molecule has 0 aliphatic heterocycles. The molecule has 0 bridgehead atoms. The molecule has 0 aliphatic carbocycles. The number of hydrogen-bond donors (Lipinski definition) is 0. The Hall–Kier alpha value is -1.04. The Morgan fingerprint density at radius 1 is 1.15 bits per heavy atom. The fraction of sp³-hybridized carbons (Fsp3) is 0.385. The first kappa shape index (κ1) is 10.0. The van der Waals surface area contributed by atoms with Crippen LogP contribution in [0.4, 0.5) is 0 Å². The molecule has 0 atom stereocenters. The molecule has 13 heavy (non-hydrogen) atoms. The Balaban J connectivity index is 3.11. The molecule has 0 spiro atoms. The minimum atomic E-state index is 1.05. The Kier molecular flexibility index (Phi) is 3.30. The van der Waals surface area contributed by atoms with E-state index in [0.717, 1.165) is 6.42 Å². The Morgan fingerprint density at radius 3 is 2.46 bits per heavy atom. The number of hydrogen-bond acceptors (Lipinski definition) is 0. The summed E-state index contributed by atoms with van der Waals surface area (Å²) in [4.78, 5) is 0. The van der Waals surface area contributed by atoms with Crippen LogP contribution in [0.1, 0.15) is 35.6 Å². The van der Waals surface area contributed by atoms with Gasteiger partial charge in [-0.05, 0) is 55.5 Å². The molecule has 0 aromatic heterocycles. The number of allylic oxidation sites excluding steroid dienone is 1. The van der Waals surface area contributed by atoms with Crippen LogP contribution < -0.4 is 0 Å². The van der Waals surface area contributed by atoms with Crippen LogP contribution in [0.3, 0.4) is 0 Å². The number of benzene rings is 1. The quantitative estimate of drug-likeness (QED) is 0.639. The van der Waals surface area contributed by atoms with Gasteiger partial charge in [-0.3, -0.25) is 0 Å².